The molecule has 1 aromatic heterocycles. The molecule has 1 aromatic carbocycles. The van der Waals surface area contributed by atoms with Gasteiger partial charge in [-0.2, -0.15) is 0 Å². The quantitative estimate of drug-likeness (QED) is 0.709. The van der Waals surface area contributed by atoms with Crippen molar-refractivity contribution in [2.24, 2.45) is 0 Å². The highest BCUT2D eigenvalue weighted by atomic mass is 16.5. The van der Waals surface area contributed by atoms with Crippen molar-refractivity contribution in [1.82, 2.24) is 4.98 Å². The Labute approximate surface area is 84.7 Å². The van der Waals surface area contributed by atoms with Crippen LogP contribution in [0.4, 0.5) is 0 Å². The maximum atomic E-state index is 10.8. The molecule has 0 N–H and O–H groups in total. The summed E-state index contributed by atoms with van der Waals surface area (Å²) in [6.45, 7) is 0. The van der Waals surface area contributed by atoms with Gasteiger partial charge in [0.25, 0.3) is 0 Å². The molecule has 0 radical (unpaired) electrons. The van der Waals surface area contributed by atoms with Crippen molar-refractivity contribution in [3.05, 3.63) is 23.6 Å². The summed E-state index contributed by atoms with van der Waals surface area (Å²) in [5, 5.41) is 0. The molecule has 76 valence electrons. The summed E-state index contributed by atoms with van der Waals surface area (Å²) < 4.78 is 10.1. The zero-order valence-corrected chi connectivity index (χ0v) is 7.89. The van der Waals surface area contributed by atoms with Crippen molar-refractivity contribution in [3.8, 4) is 5.75 Å². The zero-order chi connectivity index (χ0) is 10.8. The summed E-state index contributed by atoms with van der Waals surface area (Å²) in [7, 11) is 1.43. The van der Waals surface area contributed by atoms with E-state index in [2.05, 4.69) is 4.98 Å². The van der Waals surface area contributed by atoms with Gasteiger partial charge in [0.05, 0.1) is 18.2 Å². The summed E-state index contributed by atoms with van der Waals surface area (Å²) in [5.41, 5.74) is 1.27. The Morgan fingerprint density at radius 3 is 2.67 bits per heavy atom. The maximum Gasteiger partial charge on any atom is 0.182 e. The molecule has 2 aromatic rings. The number of oxazole rings is 1. The van der Waals surface area contributed by atoms with E-state index >= 15 is 0 Å². The van der Waals surface area contributed by atoms with Crippen molar-refractivity contribution in [2.45, 2.75) is 0 Å². The Balaban J connectivity index is 2.90. The number of fused-ring (bicyclic) bond motifs is 1. The van der Waals surface area contributed by atoms with Gasteiger partial charge in [-0.1, -0.05) is 0 Å². The molecule has 0 aliphatic carbocycles. The minimum atomic E-state index is 0.279. The van der Waals surface area contributed by atoms with Crippen LogP contribution in [0.2, 0.25) is 0 Å². The van der Waals surface area contributed by atoms with Crippen LogP contribution < -0.4 is 4.74 Å². The number of hydrogen-bond donors (Lipinski definition) is 0. The van der Waals surface area contributed by atoms with Gasteiger partial charge in [0.15, 0.2) is 35.8 Å². The Morgan fingerprint density at radius 2 is 2.07 bits per heavy atom. The predicted octanol–water partition coefficient (Wildman–Crippen LogP) is 1.46. The molecule has 2 rings (SSSR count). The number of carbonyl (C=O) groups is 2. The molecule has 0 unspecified atom stereocenters. The fourth-order valence-corrected chi connectivity index (χ4v) is 1.44. The topological polar surface area (TPSA) is 69.4 Å². The smallest absolute Gasteiger partial charge is 0.182 e. The molecule has 0 saturated heterocycles. The molecule has 0 fully saturated rings. The Bertz CT molecular complexity index is 529. The van der Waals surface area contributed by atoms with E-state index in [1.165, 1.54) is 19.6 Å². The van der Waals surface area contributed by atoms with Crippen molar-refractivity contribution in [2.75, 3.05) is 7.11 Å². The number of aldehydes is 2. The highest BCUT2D eigenvalue weighted by molar-refractivity contribution is 6.01. The van der Waals surface area contributed by atoms with E-state index in [1.807, 2.05) is 0 Å². The number of nitrogens with zero attached hydrogens (tertiary/aromatic N) is 1. The van der Waals surface area contributed by atoms with Crippen LogP contribution in [0, 0.1) is 0 Å². The van der Waals surface area contributed by atoms with E-state index in [4.69, 9.17) is 9.15 Å². The standard InChI is InChI=1S/C10H7NO4/c1-14-9-6(3-12)2-7(4-13)10-8(9)11-5-15-10/h2-5H,1H3. The highest BCUT2D eigenvalue weighted by Gasteiger charge is 2.15. The van der Waals surface area contributed by atoms with E-state index in [0.29, 0.717) is 29.4 Å². The van der Waals surface area contributed by atoms with Crippen LogP contribution in [0.3, 0.4) is 0 Å². The molecule has 0 saturated carbocycles. The van der Waals surface area contributed by atoms with Crippen LogP contribution >= 0.6 is 0 Å². The van der Waals surface area contributed by atoms with Crippen molar-refractivity contribution < 1.29 is 18.7 Å². The van der Waals surface area contributed by atoms with E-state index in [-0.39, 0.29) is 11.1 Å². The maximum absolute atomic E-state index is 10.8. The number of carbonyl (C=O) groups excluding carboxylic acids is 2. The van der Waals surface area contributed by atoms with Gasteiger partial charge in [0.2, 0.25) is 0 Å². The third kappa shape index (κ3) is 1.28. The van der Waals surface area contributed by atoms with Gasteiger partial charge >= 0.3 is 0 Å². The van der Waals surface area contributed by atoms with Gasteiger partial charge in [-0.3, -0.25) is 9.59 Å². The third-order valence-corrected chi connectivity index (χ3v) is 2.08. The van der Waals surface area contributed by atoms with Crippen LogP contribution in [-0.2, 0) is 0 Å². The van der Waals surface area contributed by atoms with Gasteiger partial charge in [-0.25, -0.2) is 4.98 Å². The SMILES string of the molecule is COc1c(C=O)cc(C=O)c2ocnc12. The molecule has 5 nitrogen and oxygen atoms in total. The van der Waals surface area contributed by atoms with Gasteiger partial charge in [-0.05, 0) is 6.07 Å². The van der Waals surface area contributed by atoms with Crippen LogP contribution in [0.25, 0.3) is 11.1 Å². The summed E-state index contributed by atoms with van der Waals surface area (Å²) in [6, 6.07) is 1.41. The summed E-state index contributed by atoms with van der Waals surface area (Å²) >= 11 is 0. The summed E-state index contributed by atoms with van der Waals surface area (Å²) in [5.74, 6) is 0.319. The molecule has 0 aliphatic heterocycles. The Kier molecular flexibility index (Phi) is 2.21. The first-order valence-corrected chi connectivity index (χ1v) is 4.16. The minimum Gasteiger partial charge on any atom is -0.494 e. The molecule has 5 heteroatoms. The Morgan fingerprint density at radius 1 is 1.33 bits per heavy atom. The number of aromatic nitrogens is 1. The van der Waals surface area contributed by atoms with Gasteiger partial charge in [-0.15, -0.1) is 0 Å². The molecule has 0 spiro atoms. The van der Waals surface area contributed by atoms with Crippen LogP contribution in [0.5, 0.6) is 5.75 Å². The van der Waals surface area contributed by atoms with Crippen LogP contribution in [0.15, 0.2) is 16.9 Å². The van der Waals surface area contributed by atoms with Gasteiger partial charge in [0.1, 0.15) is 0 Å². The lowest BCUT2D eigenvalue weighted by Gasteiger charge is -2.04. The first kappa shape index (κ1) is 9.39. The predicted molar refractivity (Wildman–Crippen MR) is 51.3 cm³/mol. The van der Waals surface area contributed by atoms with Crippen molar-refractivity contribution >= 4 is 23.7 Å². The Hall–Kier alpha value is -2.17. The molecule has 0 atom stereocenters. The van der Waals surface area contributed by atoms with E-state index < -0.39 is 0 Å². The normalized spacial score (nSPS) is 10.2. The average molecular weight is 205 g/mol. The van der Waals surface area contributed by atoms with E-state index in [0.717, 1.165) is 0 Å². The van der Waals surface area contributed by atoms with E-state index in [9.17, 15) is 9.59 Å². The van der Waals surface area contributed by atoms with Crippen LogP contribution in [-0.4, -0.2) is 24.7 Å². The fourth-order valence-electron chi connectivity index (χ4n) is 1.44. The number of benzene rings is 1. The number of hydrogen-bond acceptors (Lipinski definition) is 5. The summed E-state index contributed by atoms with van der Waals surface area (Å²) in [4.78, 5) is 25.4. The molecule has 0 amide bonds. The average Bonchev–Trinajstić information content (AvgIpc) is 2.75. The third-order valence-electron chi connectivity index (χ3n) is 2.08. The monoisotopic (exact) mass is 205 g/mol. The first-order valence-electron chi connectivity index (χ1n) is 4.16. The first-order chi connectivity index (χ1) is 7.31. The molecule has 0 aliphatic rings. The molecular weight excluding hydrogens is 198 g/mol. The largest absolute Gasteiger partial charge is 0.494 e. The second-order valence-corrected chi connectivity index (χ2v) is 2.85. The van der Waals surface area contributed by atoms with Crippen LogP contribution in [0.1, 0.15) is 20.7 Å². The molecule has 0 bridgehead atoms. The lowest BCUT2D eigenvalue weighted by Crippen LogP contribution is -1.94. The lowest BCUT2D eigenvalue weighted by atomic mass is 10.1. The van der Waals surface area contributed by atoms with E-state index in [1.54, 1.807) is 0 Å². The molecule has 1 heterocycles. The molecule has 15 heavy (non-hydrogen) atoms. The number of rotatable bonds is 3. The van der Waals surface area contributed by atoms with Crippen molar-refractivity contribution in [1.29, 1.82) is 0 Å². The second kappa shape index (κ2) is 3.53. The van der Waals surface area contributed by atoms with Crippen molar-refractivity contribution in [3.63, 3.8) is 0 Å². The highest BCUT2D eigenvalue weighted by Crippen LogP contribution is 2.29. The number of methoxy groups -OCH3 is 1. The second-order valence-electron chi connectivity index (χ2n) is 2.85. The lowest BCUT2D eigenvalue weighted by molar-refractivity contribution is 0.112. The summed E-state index contributed by atoms with van der Waals surface area (Å²) in [6.07, 6.45) is 2.43. The fraction of sp³-hybridized carbons (Fsp3) is 0.100. The van der Waals surface area contributed by atoms with Gasteiger partial charge < -0.3 is 9.15 Å². The van der Waals surface area contributed by atoms with Gasteiger partial charge in [0, 0.05) is 0 Å². The number of ether oxygens (including phenoxy) is 1. The zero-order valence-electron chi connectivity index (χ0n) is 7.89. The molecular formula is C10H7NO4. The minimum absolute atomic E-state index is 0.279.